The van der Waals surface area contributed by atoms with Crippen molar-refractivity contribution in [2.24, 2.45) is 0 Å². The quantitative estimate of drug-likeness (QED) is 0.686. The zero-order chi connectivity index (χ0) is 14.4. The van der Waals surface area contributed by atoms with E-state index in [1.54, 1.807) is 4.68 Å². The predicted molar refractivity (Wildman–Crippen MR) is 76.5 cm³/mol. The van der Waals surface area contributed by atoms with Crippen LogP contribution in [0.25, 0.3) is 21.8 Å². The molecule has 4 rings (SSSR count). The maximum atomic E-state index is 12.0. The molecule has 0 aliphatic carbocycles. The number of carbonyl (C=O) groups is 2. The zero-order valence-electron chi connectivity index (χ0n) is 11.1. The molecule has 2 amide bonds. The predicted octanol–water partition coefficient (Wildman–Crippen LogP) is 1.56. The molecule has 0 radical (unpaired) electrons. The van der Waals surface area contributed by atoms with E-state index in [4.69, 9.17) is 0 Å². The summed E-state index contributed by atoms with van der Waals surface area (Å²) in [5, 5.41) is 12.8. The third-order valence-corrected chi connectivity index (χ3v) is 3.84. The molecule has 0 saturated carbocycles. The minimum absolute atomic E-state index is 0.230. The Hall–Kier alpha value is -2.76. The van der Waals surface area contributed by atoms with Gasteiger partial charge in [0.2, 0.25) is 5.91 Å². The molecular weight excluding hydrogens is 268 g/mol. The van der Waals surface area contributed by atoms with Crippen molar-refractivity contribution < 1.29 is 9.59 Å². The standard InChI is InChI=1S/C15H12N4O2/c20-14-6-5-12(15(21)16-14)19-13-8-10-4-2-1-3-9(10)7-11(13)17-18-19/h1-4,7-8,12H,5-6H2,(H,16,20,21). The highest BCUT2D eigenvalue weighted by Crippen LogP contribution is 2.26. The fourth-order valence-corrected chi connectivity index (χ4v) is 2.77. The first-order chi connectivity index (χ1) is 10.2. The molecule has 104 valence electrons. The summed E-state index contributed by atoms with van der Waals surface area (Å²) in [6.07, 6.45) is 0.779. The normalized spacial score (nSPS) is 19.1. The molecule has 0 bridgehead atoms. The zero-order valence-corrected chi connectivity index (χ0v) is 11.1. The largest absolute Gasteiger partial charge is 0.295 e. The second-order valence-electron chi connectivity index (χ2n) is 5.19. The van der Waals surface area contributed by atoms with Crippen LogP contribution in [-0.2, 0) is 9.59 Å². The maximum Gasteiger partial charge on any atom is 0.251 e. The number of benzene rings is 2. The van der Waals surface area contributed by atoms with Crippen molar-refractivity contribution in [1.82, 2.24) is 20.3 Å². The van der Waals surface area contributed by atoms with Gasteiger partial charge in [-0.1, -0.05) is 29.5 Å². The monoisotopic (exact) mass is 280 g/mol. The second kappa shape index (κ2) is 4.37. The average Bonchev–Trinajstić information content (AvgIpc) is 2.88. The Bertz CT molecular complexity index is 884. The van der Waals surface area contributed by atoms with Crippen LogP contribution in [0.2, 0.25) is 0 Å². The van der Waals surface area contributed by atoms with Gasteiger partial charge in [-0.15, -0.1) is 5.10 Å². The molecule has 21 heavy (non-hydrogen) atoms. The molecule has 1 atom stereocenters. The Balaban J connectivity index is 1.87. The van der Waals surface area contributed by atoms with Gasteiger partial charge in [0.1, 0.15) is 11.6 Å². The number of carbonyl (C=O) groups excluding carboxylic acids is 2. The first-order valence-corrected chi connectivity index (χ1v) is 6.80. The van der Waals surface area contributed by atoms with Crippen molar-refractivity contribution in [3.05, 3.63) is 36.4 Å². The van der Waals surface area contributed by atoms with E-state index in [1.807, 2.05) is 36.4 Å². The average molecular weight is 280 g/mol. The molecule has 2 heterocycles. The van der Waals surface area contributed by atoms with E-state index in [2.05, 4.69) is 15.6 Å². The first kappa shape index (κ1) is 12.0. The number of fused-ring (bicyclic) bond motifs is 2. The van der Waals surface area contributed by atoms with Crippen molar-refractivity contribution in [3.63, 3.8) is 0 Å². The van der Waals surface area contributed by atoms with E-state index in [0.29, 0.717) is 12.8 Å². The van der Waals surface area contributed by atoms with Crippen LogP contribution in [0.1, 0.15) is 18.9 Å². The molecule has 0 spiro atoms. The number of nitrogens with zero attached hydrogens (tertiary/aromatic N) is 3. The minimum atomic E-state index is -0.478. The van der Waals surface area contributed by atoms with Gasteiger partial charge in [-0.2, -0.15) is 0 Å². The molecular formula is C15H12N4O2. The lowest BCUT2D eigenvalue weighted by Gasteiger charge is -2.21. The number of imide groups is 1. The SMILES string of the molecule is O=C1CCC(n2nnc3cc4ccccc4cc32)C(=O)N1. The van der Waals surface area contributed by atoms with E-state index in [1.165, 1.54) is 0 Å². The van der Waals surface area contributed by atoms with Gasteiger partial charge in [-0.3, -0.25) is 14.9 Å². The van der Waals surface area contributed by atoms with E-state index in [9.17, 15) is 9.59 Å². The molecule has 1 aromatic heterocycles. The molecule has 1 saturated heterocycles. The van der Waals surface area contributed by atoms with Gasteiger partial charge in [0, 0.05) is 6.42 Å². The summed E-state index contributed by atoms with van der Waals surface area (Å²) >= 11 is 0. The van der Waals surface area contributed by atoms with Crippen LogP contribution in [0.3, 0.4) is 0 Å². The van der Waals surface area contributed by atoms with E-state index in [0.717, 1.165) is 21.8 Å². The number of hydrogen-bond donors (Lipinski definition) is 1. The highest BCUT2D eigenvalue weighted by molar-refractivity contribution is 6.00. The number of rotatable bonds is 1. The number of aromatic nitrogens is 3. The van der Waals surface area contributed by atoms with Crippen LogP contribution >= 0.6 is 0 Å². The van der Waals surface area contributed by atoms with Gasteiger partial charge in [-0.25, -0.2) is 4.68 Å². The minimum Gasteiger partial charge on any atom is -0.295 e. The van der Waals surface area contributed by atoms with Gasteiger partial charge in [-0.05, 0) is 29.3 Å². The molecule has 1 unspecified atom stereocenters. The Morgan fingerprint density at radius 3 is 2.67 bits per heavy atom. The van der Waals surface area contributed by atoms with Gasteiger partial charge in [0.25, 0.3) is 5.91 Å². The summed E-state index contributed by atoms with van der Waals surface area (Å²) in [4.78, 5) is 23.2. The van der Waals surface area contributed by atoms with Gasteiger partial charge >= 0.3 is 0 Å². The van der Waals surface area contributed by atoms with Crippen LogP contribution < -0.4 is 5.32 Å². The Morgan fingerprint density at radius 1 is 1.14 bits per heavy atom. The lowest BCUT2D eigenvalue weighted by Crippen LogP contribution is -2.42. The van der Waals surface area contributed by atoms with Crippen LogP contribution in [0.5, 0.6) is 0 Å². The smallest absolute Gasteiger partial charge is 0.251 e. The summed E-state index contributed by atoms with van der Waals surface area (Å²) < 4.78 is 1.61. The number of amides is 2. The fourth-order valence-electron chi connectivity index (χ4n) is 2.77. The van der Waals surface area contributed by atoms with Gasteiger partial charge in [0.05, 0.1) is 5.52 Å². The molecule has 2 aromatic carbocycles. The molecule has 3 aromatic rings. The molecule has 6 nitrogen and oxygen atoms in total. The Labute approximate surface area is 119 Å². The van der Waals surface area contributed by atoms with Gasteiger partial charge < -0.3 is 0 Å². The van der Waals surface area contributed by atoms with Crippen molar-refractivity contribution in [1.29, 1.82) is 0 Å². The molecule has 1 N–H and O–H groups in total. The van der Waals surface area contributed by atoms with Crippen molar-refractivity contribution >= 4 is 33.6 Å². The van der Waals surface area contributed by atoms with Crippen LogP contribution in [0.15, 0.2) is 36.4 Å². The third kappa shape index (κ3) is 1.87. The molecule has 1 aliphatic heterocycles. The third-order valence-electron chi connectivity index (χ3n) is 3.84. The van der Waals surface area contributed by atoms with Crippen molar-refractivity contribution in [2.75, 3.05) is 0 Å². The fraction of sp³-hybridized carbons (Fsp3) is 0.200. The summed E-state index contributed by atoms with van der Waals surface area (Å²) in [6.45, 7) is 0. The maximum absolute atomic E-state index is 12.0. The Morgan fingerprint density at radius 2 is 1.90 bits per heavy atom. The first-order valence-electron chi connectivity index (χ1n) is 6.80. The highest BCUT2D eigenvalue weighted by atomic mass is 16.2. The highest BCUT2D eigenvalue weighted by Gasteiger charge is 2.30. The number of nitrogens with one attached hydrogen (secondary N) is 1. The summed E-state index contributed by atoms with van der Waals surface area (Å²) in [5.41, 5.74) is 1.56. The number of piperidine rings is 1. The second-order valence-corrected chi connectivity index (χ2v) is 5.19. The Kier molecular flexibility index (Phi) is 2.50. The summed E-state index contributed by atoms with van der Waals surface area (Å²) in [6, 6.07) is 11.4. The molecule has 1 fully saturated rings. The van der Waals surface area contributed by atoms with E-state index >= 15 is 0 Å². The molecule has 1 aliphatic rings. The van der Waals surface area contributed by atoms with Crippen LogP contribution in [-0.4, -0.2) is 26.8 Å². The van der Waals surface area contributed by atoms with E-state index < -0.39 is 6.04 Å². The lowest BCUT2D eigenvalue weighted by atomic mass is 10.1. The van der Waals surface area contributed by atoms with Crippen LogP contribution in [0, 0.1) is 0 Å². The van der Waals surface area contributed by atoms with E-state index in [-0.39, 0.29) is 11.8 Å². The van der Waals surface area contributed by atoms with Gasteiger partial charge in [0.15, 0.2) is 0 Å². The van der Waals surface area contributed by atoms with Crippen LogP contribution in [0.4, 0.5) is 0 Å². The van der Waals surface area contributed by atoms with Crippen molar-refractivity contribution in [2.45, 2.75) is 18.9 Å². The number of hydrogen-bond acceptors (Lipinski definition) is 4. The lowest BCUT2D eigenvalue weighted by molar-refractivity contribution is -0.135. The molecule has 6 heteroatoms. The summed E-state index contributed by atoms with van der Waals surface area (Å²) in [7, 11) is 0. The topological polar surface area (TPSA) is 76.9 Å². The van der Waals surface area contributed by atoms with Crippen molar-refractivity contribution in [3.8, 4) is 0 Å². The summed E-state index contributed by atoms with van der Waals surface area (Å²) in [5.74, 6) is -0.544.